The summed E-state index contributed by atoms with van der Waals surface area (Å²) < 4.78 is 31.9. The van der Waals surface area contributed by atoms with Gasteiger partial charge in [0.2, 0.25) is 5.09 Å². The van der Waals surface area contributed by atoms with Gasteiger partial charge in [-0.05, 0) is 49.9 Å². The van der Waals surface area contributed by atoms with Crippen molar-refractivity contribution in [3.05, 3.63) is 42.2 Å². The summed E-state index contributed by atoms with van der Waals surface area (Å²) in [7, 11) is -3.67. The number of nitrogens with one attached hydrogen (secondary N) is 1. The normalized spacial score (nSPS) is 18.1. The van der Waals surface area contributed by atoms with Gasteiger partial charge < -0.3 is 14.6 Å². The quantitative estimate of drug-likeness (QED) is 0.850. The third-order valence-electron chi connectivity index (χ3n) is 5.06. The molecular weight excluding hydrogens is 366 g/mol. The molecule has 0 saturated carbocycles. The van der Waals surface area contributed by atoms with Gasteiger partial charge in [-0.3, -0.25) is 4.79 Å². The Kier molecular flexibility index (Phi) is 4.92. The van der Waals surface area contributed by atoms with E-state index in [1.165, 1.54) is 16.4 Å². The molecule has 2 aliphatic rings. The smallest absolute Gasteiger partial charge is 0.291 e. The zero-order chi connectivity index (χ0) is 18.9. The van der Waals surface area contributed by atoms with Crippen molar-refractivity contribution < 1.29 is 17.6 Å². The number of para-hydroxylation sites is 2. The Morgan fingerprint density at radius 3 is 2.33 bits per heavy atom. The van der Waals surface area contributed by atoms with Gasteiger partial charge >= 0.3 is 0 Å². The Morgan fingerprint density at radius 1 is 0.926 bits per heavy atom. The standard InChI is InChI=1S/C19H23N3O4S/c23-19(20-15-7-1-2-8-16(15)21-11-3-4-12-21)17-9-10-18(26-17)27(24,25)22-13-5-6-14-22/h1-2,7-10H,3-6,11-14H2,(H,20,23). The largest absolute Gasteiger partial charge is 0.438 e. The molecule has 0 unspecified atom stereocenters. The van der Waals surface area contributed by atoms with E-state index in [1.54, 1.807) is 0 Å². The fraction of sp³-hybridized carbons (Fsp3) is 0.421. The molecule has 2 saturated heterocycles. The maximum Gasteiger partial charge on any atom is 0.291 e. The van der Waals surface area contributed by atoms with Crippen molar-refractivity contribution in [2.45, 2.75) is 30.8 Å². The van der Waals surface area contributed by atoms with Crippen LogP contribution in [0.3, 0.4) is 0 Å². The monoisotopic (exact) mass is 389 g/mol. The molecule has 2 aliphatic heterocycles. The van der Waals surface area contributed by atoms with E-state index in [2.05, 4.69) is 10.2 Å². The molecule has 0 bridgehead atoms. The molecule has 7 nitrogen and oxygen atoms in total. The van der Waals surface area contributed by atoms with E-state index in [4.69, 9.17) is 4.42 Å². The van der Waals surface area contributed by atoms with Gasteiger partial charge in [0.05, 0.1) is 11.4 Å². The number of benzene rings is 1. The minimum absolute atomic E-state index is 0.0102. The Morgan fingerprint density at radius 2 is 1.59 bits per heavy atom. The van der Waals surface area contributed by atoms with Crippen molar-refractivity contribution in [1.82, 2.24) is 4.31 Å². The number of amides is 1. The van der Waals surface area contributed by atoms with Crippen LogP contribution in [0.4, 0.5) is 11.4 Å². The van der Waals surface area contributed by atoms with Gasteiger partial charge in [0.15, 0.2) is 5.76 Å². The van der Waals surface area contributed by atoms with Crippen molar-refractivity contribution in [2.24, 2.45) is 0 Å². The van der Waals surface area contributed by atoms with Gasteiger partial charge in [0.1, 0.15) is 0 Å². The highest BCUT2D eigenvalue weighted by atomic mass is 32.2. The third kappa shape index (κ3) is 3.59. The highest BCUT2D eigenvalue weighted by Gasteiger charge is 2.30. The molecule has 1 aromatic carbocycles. The summed E-state index contributed by atoms with van der Waals surface area (Å²) in [6.45, 7) is 2.92. The second-order valence-electron chi connectivity index (χ2n) is 6.90. The molecule has 1 N–H and O–H groups in total. The van der Waals surface area contributed by atoms with Gasteiger partial charge in [0, 0.05) is 26.2 Å². The number of rotatable bonds is 5. The molecule has 4 rings (SSSR count). The summed E-state index contributed by atoms with van der Waals surface area (Å²) >= 11 is 0. The Hall–Kier alpha value is -2.32. The predicted molar refractivity (Wildman–Crippen MR) is 103 cm³/mol. The second-order valence-corrected chi connectivity index (χ2v) is 8.76. The zero-order valence-corrected chi connectivity index (χ0v) is 15.9. The Labute approximate surface area is 159 Å². The van der Waals surface area contributed by atoms with E-state index >= 15 is 0 Å². The maximum absolute atomic E-state index is 12.6. The lowest BCUT2D eigenvalue weighted by molar-refractivity contribution is 0.0991. The van der Waals surface area contributed by atoms with E-state index in [0.29, 0.717) is 18.8 Å². The first-order chi connectivity index (χ1) is 13.1. The average Bonchev–Trinajstić information content (AvgIpc) is 3.44. The second kappa shape index (κ2) is 7.36. The molecule has 27 heavy (non-hydrogen) atoms. The van der Waals surface area contributed by atoms with Crippen molar-refractivity contribution in [2.75, 3.05) is 36.4 Å². The molecule has 144 valence electrons. The number of carbonyl (C=O) groups excluding carboxylic acids is 1. The lowest BCUT2D eigenvalue weighted by atomic mass is 10.2. The molecule has 2 aromatic rings. The van der Waals surface area contributed by atoms with Crippen LogP contribution in [-0.4, -0.2) is 44.8 Å². The minimum atomic E-state index is -3.67. The van der Waals surface area contributed by atoms with E-state index in [1.807, 2.05) is 24.3 Å². The molecule has 0 aliphatic carbocycles. The number of hydrogen-bond donors (Lipinski definition) is 1. The average molecular weight is 389 g/mol. The van der Waals surface area contributed by atoms with Crippen molar-refractivity contribution >= 4 is 27.3 Å². The van der Waals surface area contributed by atoms with E-state index in [0.717, 1.165) is 44.5 Å². The summed E-state index contributed by atoms with van der Waals surface area (Å²) in [5, 5.41) is 2.68. The van der Waals surface area contributed by atoms with Crippen LogP contribution in [0, 0.1) is 0 Å². The summed E-state index contributed by atoms with van der Waals surface area (Å²) in [6, 6.07) is 10.4. The summed E-state index contributed by atoms with van der Waals surface area (Å²) in [5.74, 6) is -0.464. The highest BCUT2D eigenvalue weighted by molar-refractivity contribution is 7.89. The zero-order valence-electron chi connectivity index (χ0n) is 15.1. The molecule has 0 spiro atoms. The first kappa shape index (κ1) is 18.1. The fourth-order valence-electron chi connectivity index (χ4n) is 3.63. The van der Waals surface area contributed by atoms with Crippen LogP contribution in [0.5, 0.6) is 0 Å². The fourth-order valence-corrected chi connectivity index (χ4v) is 5.06. The SMILES string of the molecule is O=C(Nc1ccccc1N1CCCC1)c1ccc(S(=O)(=O)N2CCCC2)o1. The predicted octanol–water partition coefficient (Wildman–Crippen LogP) is 2.92. The Bertz CT molecular complexity index is 926. The van der Waals surface area contributed by atoms with E-state index in [9.17, 15) is 13.2 Å². The van der Waals surface area contributed by atoms with Crippen LogP contribution in [0.2, 0.25) is 0 Å². The van der Waals surface area contributed by atoms with Gasteiger partial charge in [-0.2, -0.15) is 4.31 Å². The van der Waals surface area contributed by atoms with Crippen molar-refractivity contribution in [3.8, 4) is 0 Å². The Balaban J connectivity index is 1.52. The van der Waals surface area contributed by atoms with Gasteiger partial charge in [-0.25, -0.2) is 8.42 Å². The van der Waals surface area contributed by atoms with Crippen molar-refractivity contribution in [3.63, 3.8) is 0 Å². The lowest BCUT2D eigenvalue weighted by Gasteiger charge is -2.21. The van der Waals surface area contributed by atoms with Crippen LogP contribution in [-0.2, 0) is 10.0 Å². The number of sulfonamides is 1. The number of nitrogens with zero attached hydrogens (tertiary/aromatic N) is 2. The van der Waals surface area contributed by atoms with Crippen molar-refractivity contribution in [1.29, 1.82) is 0 Å². The maximum atomic E-state index is 12.6. The number of carbonyl (C=O) groups is 1. The number of furan rings is 1. The van der Waals surface area contributed by atoms with Crippen LogP contribution in [0.15, 0.2) is 45.9 Å². The first-order valence-electron chi connectivity index (χ1n) is 9.31. The summed E-state index contributed by atoms with van der Waals surface area (Å²) in [6.07, 6.45) is 3.97. The molecule has 0 atom stereocenters. The van der Waals surface area contributed by atoms with Crippen LogP contribution in [0.25, 0.3) is 0 Å². The summed E-state index contributed by atoms with van der Waals surface area (Å²) in [5.41, 5.74) is 1.67. The van der Waals surface area contributed by atoms with Gasteiger partial charge in [-0.15, -0.1) is 0 Å². The molecular formula is C19H23N3O4S. The summed E-state index contributed by atoms with van der Waals surface area (Å²) in [4.78, 5) is 14.8. The van der Waals surface area contributed by atoms with Gasteiger partial charge in [0.25, 0.3) is 15.9 Å². The van der Waals surface area contributed by atoms with Crippen LogP contribution in [0.1, 0.15) is 36.2 Å². The molecule has 2 fully saturated rings. The topological polar surface area (TPSA) is 82.9 Å². The minimum Gasteiger partial charge on any atom is -0.438 e. The van der Waals surface area contributed by atoms with E-state index < -0.39 is 15.9 Å². The third-order valence-corrected chi connectivity index (χ3v) is 6.84. The van der Waals surface area contributed by atoms with Crippen LogP contribution < -0.4 is 10.2 Å². The molecule has 8 heteroatoms. The molecule has 1 aromatic heterocycles. The lowest BCUT2D eigenvalue weighted by Crippen LogP contribution is -2.27. The molecule has 1 amide bonds. The molecule has 0 radical (unpaired) electrons. The number of anilines is 2. The van der Waals surface area contributed by atoms with Crippen LogP contribution >= 0.6 is 0 Å². The first-order valence-corrected chi connectivity index (χ1v) is 10.7. The molecule has 3 heterocycles. The number of hydrogen-bond acceptors (Lipinski definition) is 5. The van der Waals surface area contributed by atoms with E-state index in [-0.39, 0.29) is 10.9 Å². The highest BCUT2D eigenvalue weighted by Crippen LogP contribution is 2.29. The van der Waals surface area contributed by atoms with Gasteiger partial charge in [-0.1, -0.05) is 12.1 Å².